The molecule has 2 heterocycles. The van der Waals surface area contributed by atoms with Crippen LogP contribution >= 0.6 is 0 Å². The van der Waals surface area contributed by atoms with Gasteiger partial charge in [0.2, 0.25) is 0 Å². The van der Waals surface area contributed by atoms with Crippen molar-refractivity contribution >= 4 is 5.91 Å². The number of benzene rings is 1. The minimum atomic E-state index is -0.200. The minimum absolute atomic E-state index is 0.200. The maximum atomic E-state index is 12.0. The van der Waals surface area contributed by atoms with Crippen molar-refractivity contribution in [3.8, 4) is 11.7 Å². The zero-order valence-corrected chi connectivity index (χ0v) is 12.4. The van der Waals surface area contributed by atoms with Crippen molar-refractivity contribution in [2.45, 2.75) is 12.8 Å². The molecule has 22 heavy (non-hydrogen) atoms. The van der Waals surface area contributed by atoms with Crippen LogP contribution in [0.25, 0.3) is 0 Å². The molecule has 0 radical (unpaired) electrons. The van der Waals surface area contributed by atoms with Gasteiger partial charge in [0.15, 0.2) is 5.76 Å². The van der Waals surface area contributed by atoms with Crippen molar-refractivity contribution in [3.63, 3.8) is 0 Å². The maximum Gasteiger partial charge on any atom is 0.290 e. The second-order valence-corrected chi connectivity index (χ2v) is 5.44. The molecule has 2 N–H and O–H groups in total. The highest BCUT2D eigenvalue weighted by Crippen LogP contribution is 2.23. The van der Waals surface area contributed by atoms with E-state index in [9.17, 15) is 4.79 Å². The van der Waals surface area contributed by atoms with Crippen molar-refractivity contribution in [1.29, 1.82) is 0 Å². The predicted octanol–water partition coefficient (Wildman–Crippen LogP) is 2.80. The number of hydrogen-bond acceptors (Lipinski definition) is 4. The third-order valence-corrected chi connectivity index (χ3v) is 3.77. The van der Waals surface area contributed by atoms with Crippen molar-refractivity contribution in [2.24, 2.45) is 5.92 Å². The van der Waals surface area contributed by atoms with Gasteiger partial charge in [-0.05, 0) is 50.0 Å². The molecule has 0 spiro atoms. The molecule has 1 aliphatic rings. The zero-order valence-electron chi connectivity index (χ0n) is 12.4. The predicted molar refractivity (Wildman–Crippen MR) is 83.2 cm³/mol. The zero-order chi connectivity index (χ0) is 15.2. The van der Waals surface area contributed by atoms with E-state index >= 15 is 0 Å². The number of furan rings is 1. The lowest BCUT2D eigenvalue weighted by atomic mass is 10.1. The van der Waals surface area contributed by atoms with Gasteiger partial charge < -0.3 is 19.8 Å². The second kappa shape index (κ2) is 7.13. The minimum Gasteiger partial charge on any atom is -0.426 e. The summed E-state index contributed by atoms with van der Waals surface area (Å²) in [6, 6.07) is 12.6. The Balaban J connectivity index is 1.48. The molecule has 1 unspecified atom stereocenters. The largest absolute Gasteiger partial charge is 0.426 e. The lowest BCUT2D eigenvalue weighted by Gasteiger charge is -2.08. The number of hydrogen-bond donors (Lipinski definition) is 2. The van der Waals surface area contributed by atoms with Crippen LogP contribution in [0.15, 0.2) is 46.9 Å². The number of ether oxygens (including phenoxy) is 1. The third kappa shape index (κ3) is 3.89. The number of para-hydroxylation sites is 1. The summed E-state index contributed by atoms with van der Waals surface area (Å²) in [5.41, 5.74) is 0. The van der Waals surface area contributed by atoms with Crippen molar-refractivity contribution in [3.05, 3.63) is 48.2 Å². The molecule has 2 aromatic rings. The van der Waals surface area contributed by atoms with Gasteiger partial charge in [0.1, 0.15) is 5.75 Å². The van der Waals surface area contributed by atoms with E-state index in [1.54, 1.807) is 12.1 Å². The summed E-state index contributed by atoms with van der Waals surface area (Å²) in [5.74, 6) is 1.73. The Labute approximate surface area is 129 Å². The van der Waals surface area contributed by atoms with E-state index in [4.69, 9.17) is 9.15 Å². The summed E-state index contributed by atoms with van der Waals surface area (Å²) < 4.78 is 11.0. The molecule has 1 amide bonds. The van der Waals surface area contributed by atoms with E-state index in [0.29, 0.717) is 24.2 Å². The summed E-state index contributed by atoms with van der Waals surface area (Å²) in [4.78, 5) is 12.0. The number of amides is 1. The first-order valence-corrected chi connectivity index (χ1v) is 7.63. The van der Waals surface area contributed by atoms with E-state index in [1.807, 2.05) is 30.3 Å². The van der Waals surface area contributed by atoms with Crippen LogP contribution < -0.4 is 15.4 Å². The highest BCUT2D eigenvalue weighted by Gasteiger charge is 2.16. The first-order valence-electron chi connectivity index (χ1n) is 7.63. The fourth-order valence-corrected chi connectivity index (χ4v) is 2.54. The average Bonchev–Trinajstić information content (AvgIpc) is 3.20. The van der Waals surface area contributed by atoms with Gasteiger partial charge in [-0.25, -0.2) is 0 Å². The third-order valence-electron chi connectivity index (χ3n) is 3.77. The van der Waals surface area contributed by atoms with Crippen molar-refractivity contribution < 1.29 is 13.9 Å². The molecular formula is C17H20N2O3. The molecule has 0 saturated carbocycles. The summed E-state index contributed by atoms with van der Waals surface area (Å²) in [6.07, 6.45) is 2.18. The van der Waals surface area contributed by atoms with Crippen LogP contribution in [0.4, 0.5) is 0 Å². The molecule has 0 aliphatic carbocycles. The Morgan fingerprint density at radius 1 is 1.27 bits per heavy atom. The summed E-state index contributed by atoms with van der Waals surface area (Å²) in [5, 5.41) is 6.21. The average molecular weight is 300 g/mol. The van der Waals surface area contributed by atoms with Gasteiger partial charge in [-0.3, -0.25) is 4.79 Å². The first-order chi connectivity index (χ1) is 10.8. The lowest BCUT2D eigenvalue weighted by molar-refractivity contribution is 0.0919. The molecule has 0 bridgehead atoms. The van der Waals surface area contributed by atoms with Crippen molar-refractivity contribution in [2.75, 3.05) is 19.6 Å². The Morgan fingerprint density at radius 2 is 2.14 bits per heavy atom. The SMILES string of the molecule is O=C(NCCC1CCNC1)c1ccc(Oc2ccccc2)o1. The molecule has 5 nitrogen and oxygen atoms in total. The van der Waals surface area contributed by atoms with Crippen LogP contribution in [-0.4, -0.2) is 25.5 Å². The van der Waals surface area contributed by atoms with Crippen LogP contribution in [0.2, 0.25) is 0 Å². The van der Waals surface area contributed by atoms with Gasteiger partial charge in [-0.1, -0.05) is 18.2 Å². The van der Waals surface area contributed by atoms with Gasteiger partial charge in [0, 0.05) is 12.6 Å². The molecule has 1 fully saturated rings. The molecule has 1 saturated heterocycles. The van der Waals surface area contributed by atoms with Crippen LogP contribution in [0.1, 0.15) is 23.4 Å². The summed E-state index contributed by atoms with van der Waals surface area (Å²) >= 11 is 0. The number of rotatable bonds is 6. The molecule has 1 aromatic carbocycles. The quantitative estimate of drug-likeness (QED) is 0.861. The smallest absolute Gasteiger partial charge is 0.290 e. The number of carbonyl (C=O) groups excluding carboxylic acids is 1. The van der Waals surface area contributed by atoms with E-state index < -0.39 is 0 Å². The highest BCUT2D eigenvalue weighted by molar-refractivity contribution is 5.91. The monoisotopic (exact) mass is 300 g/mol. The van der Waals surface area contributed by atoms with Gasteiger partial charge in [-0.2, -0.15) is 0 Å². The van der Waals surface area contributed by atoms with Gasteiger partial charge >= 0.3 is 0 Å². The van der Waals surface area contributed by atoms with E-state index in [2.05, 4.69) is 10.6 Å². The number of carbonyl (C=O) groups is 1. The molecule has 5 heteroatoms. The van der Waals surface area contributed by atoms with Crippen LogP contribution in [0, 0.1) is 5.92 Å². The van der Waals surface area contributed by atoms with Crippen LogP contribution in [0.5, 0.6) is 11.7 Å². The normalized spacial score (nSPS) is 17.4. The summed E-state index contributed by atoms with van der Waals surface area (Å²) in [7, 11) is 0. The topological polar surface area (TPSA) is 63.5 Å². The van der Waals surface area contributed by atoms with E-state index in [1.165, 1.54) is 6.42 Å². The fourth-order valence-electron chi connectivity index (χ4n) is 2.54. The second-order valence-electron chi connectivity index (χ2n) is 5.44. The number of nitrogens with one attached hydrogen (secondary N) is 2. The Morgan fingerprint density at radius 3 is 2.91 bits per heavy atom. The van der Waals surface area contributed by atoms with E-state index in [0.717, 1.165) is 19.5 Å². The molecule has 116 valence electrons. The van der Waals surface area contributed by atoms with Crippen molar-refractivity contribution in [1.82, 2.24) is 10.6 Å². The van der Waals surface area contributed by atoms with Gasteiger partial charge in [0.25, 0.3) is 11.9 Å². The van der Waals surface area contributed by atoms with Gasteiger partial charge in [-0.15, -0.1) is 0 Å². The lowest BCUT2D eigenvalue weighted by Crippen LogP contribution is -2.26. The Bertz CT molecular complexity index is 603. The highest BCUT2D eigenvalue weighted by atomic mass is 16.6. The van der Waals surface area contributed by atoms with E-state index in [-0.39, 0.29) is 11.7 Å². The molecule has 3 rings (SSSR count). The molecule has 1 aliphatic heterocycles. The first kappa shape index (κ1) is 14.7. The molecule has 1 aromatic heterocycles. The van der Waals surface area contributed by atoms with Gasteiger partial charge in [0.05, 0.1) is 0 Å². The molecular weight excluding hydrogens is 280 g/mol. The molecule has 1 atom stereocenters. The fraction of sp³-hybridized carbons (Fsp3) is 0.353. The standard InChI is InChI=1S/C17H20N2O3/c20-17(19-11-9-13-8-10-18-12-13)15-6-7-16(22-15)21-14-4-2-1-3-5-14/h1-7,13,18H,8-12H2,(H,19,20). The maximum absolute atomic E-state index is 12.0. The summed E-state index contributed by atoms with van der Waals surface area (Å²) in [6.45, 7) is 2.80. The van der Waals surface area contributed by atoms with Crippen LogP contribution in [0.3, 0.4) is 0 Å². The Hall–Kier alpha value is -2.27. The Kier molecular flexibility index (Phi) is 4.75. The van der Waals surface area contributed by atoms with Crippen LogP contribution in [-0.2, 0) is 0 Å².